The maximum atomic E-state index is 12.4. The summed E-state index contributed by atoms with van der Waals surface area (Å²) in [4.78, 5) is 19.2. The lowest BCUT2D eigenvalue weighted by molar-refractivity contribution is 0.0980. The molecule has 0 spiro atoms. The predicted molar refractivity (Wildman–Crippen MR) is 83.5 cm³/mol. The summed E-state index contributed by atoms with van der Waals surface area (Å²) in [6, 6.07) is 16.6. The first-order valence-electron chi connectivity index (χ1n) is 6.97. The second kappa shape index (κ2) is 6.26. The molecule has 1 aromatic heterocycles. The molecule has 0 unspecified atom stereocenters. The largest absolute Gasteiger partial charge is 0.508 e. The summed E-state index contributed by atoms with van der Waals surface area (Å²) in [5, 5.41) is 9.45. The van der Waals surface area contributed by atoms with Crippen LogP contribution >= 0.6 is 0 Å². The van der Waals surface area contributed by atoms with E-state index in [9.17, 15) is 9.90 Å². The number of nitrogens with zero attached hydrogens (tertiary/aromatic N) is 1. The van der Waals surface area contributed by atoms with Gasteiger partial charge in [-0.25, -0.2) is 4.98 Å². The van der Waals surface area contributed by atoms with E-state index < -0.39 is 0 Å². The average Bonchev–Trinajstić information content (AvgIpc) is 3.09. The SMILES string of the molecule is O=C(C[C](c1ccccc1)c1ccc(O)cc1)c1ncc[nH]1. The van der Waals surface area contributed by atoms with Crippen LogP contribution in [0.25, 0.3) is 0 Å². The smallest absolute Gasteiger partial charge is 0.199 e. The maximum Gasteiger partial charge on any atom is 0.199 e. The Morgan fingerprint density at radius 2 is 1.68 bits per heavy atom. The van der Waals surface area contributed by atoms with E-state index >= 15 is 0 Å². The van der Waals surface area contributed by atoms with Gasteiger partial charge >= 0.3 is 0 Å². The highest BCUT2D eigenvalue weighted by molar-refractivity contribution is 5.94. The van der Waals surface area contributed by atoms with Crippen molar-refractivity contribution in [2.24, 2.45) is 0 Å². The number of imidazole rings is 1. The number of rotatable bonds is 5. The van der Waals surface area contributed by atoms with Crippen LogP contribution in [-0.4, -0.2) is 20.9 Å². The average molecular weight is 291 g/mol. The van der Waals surface area contributed by atoms with E-state index in [1.54, 1.807) is 24.5 Å². The van der Waals surface area contributed by atoms with Crippen LogP contribution in [0.2, 0.25) is 0 Å². The number of phenols is 1. The Bertz CT molecular complexity index is 735. The molecule has 0 atom stereocenters. The molecule has 0 aliphatic rings. The van der Waals surface area contributed by atoms with Gasteiger partial charge in [-0.2, -0.15) is 0 Å². The summed E-state index contributed by atoms with van der Waals surface area (Å²) in [6.45, 7) is 0. The van der Waals surface area contributed by atoms with E-state index in [4.69, 9.17) is 0 Å². The van der Waals surface area contributed by atoms with Crippen LogP contribution in [0.4, 0.5) is 0 Å². The number of aromatic hydroxyl groups is 1. The van der Waals surface area contributed by atoms with Crippen LogP contribution in [0, 0.1) is 5.92 Å². The minimum atomic E-state index is -0.0723. The monoisotopic (exact) mass is 291 g/mol. The minimum Gasteiger partial charge on any atom is -0.508 e. The molecule has 0 saturated carbocycles. The van der Waals surface area contributed by atoms with Gasteiger partial charge in [0, 0.05) is 24.7 Å². The number of benzene rings is 2. The topological polar surface area (TPSA) is 66.0 Å². The highest BCUT2D eigenvalue weighted by Crippen LogP contribution is 2.29. The number of carbonyl (C=O) groups is 1. The fourth-order valence-corrected chi connectivity index (χ4v) is 2.33. The van der Waals surface area contributed by atoms with Gasteiger partial charge in [-0.3, -0.25) is 4.79 Å². The lowest BCUT2D eigenvalue weighted by Crippen LogP contribution is -2.11. The van der Waals surface area contributed by atoms with Gasteiger partial charge in [0.25, 0.3) is 0 Å². The van der Waals surface area contributed by atoms with Crippen LogP contribution in [0.15, 0.2) is 67.0 Å². The minimum absolute atomic E-state index is 0.0723. The summed E-state index contributed by atoms with van der Waals surface area (Å²) in [7, 11) is 0. The van der Waals surface area contributed by atoms with Crippen molar-refractivity contribution in [2.45, 2.75) is 6.42 Å². The lowest BCUT2D eigenvalue weighted by atomic mass is 9.87. The van der Waals surface area contributed by atoms with Crippen molar-refractivity contribution < 1.29 is 9.90 Å². The molecule has 3 rings (SSSR count). The zero-order valence-corrected chi connectivity index (χ0v) is 11.9. The number of nitrogens with one attached hydrogen (secondary N) is 1. The van der Waals surface area contributed by atoms with Gasteiger partial charge in [0.2, 0.25) is 0 Å². The molecule has 0 amide bonds. The molecule has 109 valence electrons. The quantitative estimate of drug-likeness (QED) is 0.708. The molecule has 0 saturated heterocycles. The molecule has 1 heterocycles. The molecule has 4 nitrogen and oxygen atoms in total. The second-order valence-corrected chi connectivity index (χ2v) is 4.93. The Balaban J connectivity index is 1.93. The van der Waals surface area contributed by atoms with E-state index in [0.717, 1.165) is 17.0 Å². The number of phenolic OH excluding ortho intramolecular Hbond substituents is 1. The summed E-state index contributed by atoms with van der Waals surface area (Å²) >= 11 is 0. The molecule has 4 heteroatoms. The second-order valence-electron chi connectivity index (χ2n) is 4.93. The first-order chi connectivity index (χ1) is 10.7. The molecule has 22 heavy (non-hydrogen) atoms. The number of hydrogen-bond acceptors (Lipinski definition) is 3. The number of hydrogen-bond donors (Lipinski definition) is 2. The van der Waals surface area contributed by atoms with Gasteiger partial charge in [-0.1, -0.05) is 42.5 Å². The third-order valence-corrected chi connectivity index (χ3v) is 3.44. The van der Waals surface area contributed by atoms with E-state index in [1.807, 2.05) is 42.5 Å². The number of aromatic nitrogens is 2. The molecule has 0 bridgehead atoms. The number of ketones is 1. The molecule has 0 aliphatic carbocycles. The Labute approximate surface area is 128 Å². The Morgan fingerprint density at radius 1 is 1.00 bits per heavy atom. The van der Waals surface area contributed by atoms with E-state index in [0.29, 0.717) is 5.82 Å². The number of carbonyl (C=O) groups excluding carboxylic acids is 1. The summed E-state index contributed by atoms with van der Waals surface area (Å²) in [5.74, 6) is 1.39. The number of H-pyrrole nitrogens is 1. The van der Waals surface area contributed by atoms with Crippen LogP contribution in [0.5, 0.6) is 5.75 Å². The molecule has 2 N–H and O–H groups in total. The number of aromatic amines is 1. The molecule has 1 radical (unpaired) electrons. The maximum absolute atomic E-state index is 12.4. The van der Waals surface area contributed by atoms with Crippen LogP contribution in [0.3, 0.4) is 0 Å². The zero-order chi connectivity index (χ0) is 15.4. The summed E-state index contributed by atoms with van der Waals surface area (Å²) < 4.78 is 0. The van der Waals surface area contributed by atoms with Gasteiger partial charge in [-0.05, 0) is 23.3 Å². The third-order valence-electron chi connectivity index (χ3n) is 3.44. The van der Waals surface area contributed by atoms with Gasteiger partial charge in [0.05, 0.1) is 0 Å². The van der Waals surface area contributed by atoms with Gasteiger partial charge in [0.15, 0.2) is 11.6 Å². The Hall–Kier alpha value is -2.88. The van der Waals surface area contributed by atoms with E-state index in [1.165, 1.54) is 0 Å². The summed E-state index contributed by atoms with van der Waals surface area (Å²) in [5.41, 5.74) is 1.89. The molecule has 0 aliphatic heterocycles. The number of Topliss-reactive ketones (excluding diaryl/α,β-unsaturated/α-hetero) is 1. The normalized spacial score (nSPS) is 10.8. The van der Waals surface area contributed by atoms with Gasteiger partial charge in [-0.15, -0.1) is 0 Å². The zero-order valence-electron chi connectivity index (χ0n) is 11.9. The highest BCUT2D eigenvalue weighted by Gasteiger charge is 2.21. The third kappa shape index (κ3) is 3.06. The van der Waals surface area contributed by atoms with Crippen LogP contribution in [0.1, 0.15) is 28.2 Å². The van der Waals surface area contributed by atoms with Crippen LogP contribution in [-0.2, 0) is 0 Å². The molecular formula is C18H15N2O2. The van der Waals surface area contributed by atoms with E-state index in [-0.39, 0.29) is 18.0 Å². The predicted octanol–water partition coefficient (Wildman–Crippen LogP) is 3.36. The van der Waals surface area contributed by atoms with E-state index in [2.05, 4.69) is 9.97 Å². The van der Waals surface area contributed by atoms with Crippen molar-refractivity contribution >= 4 is 5.78 Å². The highest BCUT2D eigenvalue weighted by atomic mass is 16.3. The van der Waals surface area contributed by atoms with Crippen LogP contribution < -0.4 is 0 Å². The molecule has 0 fully saturated rings. The Kier molecular flexibility index (Phi) is 4.01. The Morgan fingerprint density at radius 3 is 2.32 bits per heavy atom. The van der Waals surface area contributed by atoms with Gasteiger partial charge < -0.3 is 10.1 Å². The fraction of sp³-hybridized carbons (Fsp3) is 0.0556. The van der Waals surface area contributed by atoms with Crippen molar-refractivity contribution in [2.75, 3.05) is 0 Å². The summed E-state index contributed by atoms with van der Waals surface area (Å²) in [6.07, 6.45) is 3.44. The van der Waals surface area contributed by atoms with Gasteiger partial charge in [0.1, 0.15) is 5.75 Å². The fourth-order valence-electron chi connectivity index (χ4n) is 2.33. The van der Waals surface area contributed by atoms with Crippen molar-refractivity contribution in [3.63, 3.8) is 0 Å². The molecular weight excluding hydrogens is 276 g/mol. The molecule has 2 aromatic carbocycles. The van der Waals surface area contributed by atoms with Crippen molar-refractivity contribution in [1.29, 1.82) is 0 Å². The first kappa shape index (κ1) is 14.1. The van der Waals surface area contributed by atoms with Crippen molar-refractivity contribution in [1.82, 2.24) is 9.97 Å². The standard InChI is InChI=1S/C18H15N2O2/c21-15-8-6-14(7-9-15)16(13-4-2-1-3-5-13)12-17(22)18-19-10-11-20-18/h1-11,21H,12H2,(H,19,20). The molecule has 3 aromatic rings. The van der Waals surface area contributed by atoms with Crippen molar-refractivity contribution in [3.8, 4) is 5.75 Å². The lowest BCUT2D eigenvalue weighted by Gasteiger charge is -2.16. The van der Waals surface area contributed by atoms with Crippen molar-refractivity contribution in [3.05, 3.63) is 89.9 Å². The first-order valence-corrected chi connectivity index (χ1v) is 6.97.